The number of nitrogens with zero attached hydrogens (tertiary/aromatic N) is 4. The summed E-state index contributed by atoms with van der Waals surface area (Å²) in [6.45, 7) is 0.536. The van der Waals surface area contributed by atoms with Gasteiger partial charge in [0.05, 0.1) is 4.92 Å². The highest BCUT2D eigenvalue weighted by atomic mass is 16.6. The largest absolute Gasteiger partial charge is 0.351 e. The van der Waals surface area contributed by atoms with Gasteiger partial charge in [0, 0.05) is 40.1 Å². The van der Waals surface area contributed by atoms with E-state index in [9.17, 15) is 10.1 Å². The van der Waals surface area contributed by atoms with Gasteiger partial charge in [-0.25, -0.2) is 5.01 Å². The van der Waals surface area contributed by atoms with Crippen molar-refractivity contribution < 1.29 is 4.92 Å². The highest BCUT2D eigenvalue weighted by Gasteiger charge is 2.10. The minimum atomic E-state index is -0.481. The van der Waals surface area contributed by atoms with E-state index >= 15 is 0 Å². The number of nitrogens with one attached hydrogen (secondary N) is 1. The fourth-order valence-corrected chi connectivity index (χ4v) is 1.39. The molecule has 1 heterocycles. The van der Waals surface area contributed by atoms with Crippen LogP contribution in [0.4, 0.5) is 0 Å². The van der Waals surface area contributed by atoms with Gasteiger partial charge in [-0.05, 0) is 11.6 Å². The first kappa shape index (κ1) is 13.9. The van der Waals surface area contributed by atoms with Gasteiger partial charge in [-0.15, -0.1) is 0 Å². The summed E-state index contributed by atoms with van der Waals surface area (Å²) in [4.78, 5) is 15.9. The van der Waals surface area contributed by atoms with Crippen LogP contribution in [0.15, 0.2) is 36.5 Å². The third-order valence-electron chi connectivity index (χ3n) is 2.12. The minimum absolute atomic E-state index is 0.411. The van der Waals surface area contributed by atoms with Gasteiger partial charge >= 0.3 is 0 Å². The highest BCUT2D eigenvalue weighted by molar-refractivity contribution is 5.09. The van der Waals surface area contributed by atoms with Crippen LogP contribution in [0.5, 0.6) is 0 Å². The summed E-state index contributed by atoms with van der Waals surface area (Å²) in [5, 5.41) is 12.2. The zero-order valence-electron chi connectivity index (χ0n) is 10.7. The monoisotopic (exact) mass is 251 g/mol. The average Bonchev–Trinajstić information content (AvgIpc) is 2.28. The second kappa shape index (κ2) is 6.55. The number of pyridine rings is 1. The molecular weight excluding hydrogens is 234 g/mol. The summed E-state index contributed by atoms with van der Waals surface area (Å²) >= 11 is 0. The van der Waals surface area contributed by atoms with Gasteiger partial charge in [0.25, 0.3) is 6.20 Å². The Hall–Kier alpha value is -2.15. The fourth-order valence-electron chi connectivity index (χ4n) is 1.39. The van der Waals surface area contributed by atoms with Crippen molar-refractivity contribution in [2.24, 2.45) is 0 Å². The number of rotatable bonds is 6. The van der Waals surface area contributed by atoms with E-state index in [-0.39, 0.29) is 0 Å². The molecule has 1 N–H and O–H groups in total. The van der Waals surface area contributed by atoms with E-state index in [1.54, 1.807) is 43.4 Å². The fraction of sp³-hybridized carbons (Fsp3) is 0.364. The van der Waals surface area contributed by atoms with Crippen LogP contribution in [-0.2, 0) is 6.54 Å². The van der Waals surface area contributed by atoms with Crippen LogP contribution in [-0.4, -0.2) is 41.0 Å². The first-order valence-corrected chi connectivity index (χ1v) is 5.38. The van der Waals surface area contributed by atoms with Crippen LogP contribution < -0.4 is 5.43 Å². The van der Waals surface area contributed by atoms with Crippen LogP contribution >= 0.6 is 0 Å². The summed E-state index contributed by atoms with van der Waals surface area (Å²) in [7, 11) is 5.32. The van der Waals surface area contributed by atoms with E-state index in [1.165, 1.54) is 0 Å². The molecule has 0 aliphatic rings. The number of aromatic nitrogens is 1. The van der Waals surface area contributed by atoms with Crippen LogP contribution in [0.2, 0.25) is 0 Å². The molecule has 0 amide bonds. The van der Waals surface area contributed by atoms with Gasteiger partial charge < -0.3 is 10.3 Å². The second-order valence-electron chi connectivity index (χ2n) is 4.02. The van der Waals surface area contributed by atoms with E-state index in [1.807, 2.05) is 12.1 Å². The Morgan fingerprint density at radius 1 is 1.56 bits per heavy atom. The number of hydrogen-bond donors (Lipinski definition) is 1. The van der Waals surface area contributed by atoms with Gasteiger partial charge in [-0.1, -0.05) is 6.07 Å². The maximum atomic E-state index is 10.6. The topological polar surface area (TPSA) is 74.5 Å². The lowest BCUT2D eigenvalue weighted by atomic mass is 10.3. The molecule has 0 saturated heterocycles. The first-order chi connectivity index (χ1) is 8.49. The van der Waals surface area contributed by atoms with Gasteiger partial charge in [0.1, 0.15) is 0 Å². The summed E-state index contributed by atoms with van der Waals surface area (Å²) in [5.74, 6) is 0.411. The summed E-state index contributed by atoms with van der Waals surface area (Å²) in [6, 6.07) is 3.75. The molecule has 0 atom stereocenters. The molecule has 1 aromatic rings. The lowest BCUT2D eigenvalue weighted by Gasteiger charge is -2.24. The summed E-state index contributed by atoms with van der Waals surface area (Å²) in [6.07, 6.45) is 4.36. The minimum Gasteiger partial charge on any atom is -0.351 e. The molecule has 0 unspecified atom stereocenters. The Bertz CT molecular complexity index is 419. The van der Waals surface area contributed by atoms with Crippen molar-refractivity contribution >= 4 is 0 Å². The SMILES string of the molecule is CN(C)N/C(=C/[N+](=O)[O-])N(C)Cc1cccnc1. The van der Waals surface area contributed by atoms with Crippen molar-refractivity contribution in [2.45, 2.75) is 6.54 Å². The number of hydrogen-bond acceptors (Lipinski definition) is 6. The Morgan fingerprint density at radius 3 is 2.78 bits per heavy atom. The van der Waals surface area contributed by atoms with Crippen LogP contribution in [0, 0.1) is 10.1 Å². The van der Waals surface area contributed by atoms with Crippen molar-refractivity contribution in [3.63, 3.8) is 0 Å². The molecule has 0 bridgehead atoms. The normalized spacial score (nSPS) is 11.4. The van der Waals surface area contributed by atoms with Crippen LogP contribution in [0.3, 0.4) is 0 Å². The highest BCUT2D eigenvalue weighted by Crippen LogP contribution is 2.06. The molecule has 18 heavy (non-hydrogen) atoms. The van der Waals surface area contributed by atoms with Gasteiger partial charge in [-0.3, -0.25) is 15.1 Å². The first-order valence-electron chi connectivity index (χ1n) is 5.38. The smallest absolute Gasteiger partial charge is 0.275 e. The van der Waals surface area contributed by atoms with E-state index in [4.69, 9.17) is 0 Å². The average molecular weight is 251 g/mol. The van der Waals surface area contributed by atoms with E-state index in [2.05, 4.69) is 10.4 Å². The molecule has 0 aliphatic heterocycles. The molecule has 0 fully saturated rings. The molecule has 1 aromatic heterocycles. The van der Waals surface area contributed by atoms with E-state index in [0.29, 0.717) is 12.4 Å². The molecule has 0 aliphatic carbocycles. The zero-order valence-corrected chi connectivity index (χ0v) is 10.7. The number of nitro groups is 1. The van der Waals surface area contributed by atoms with Gasteiger partial charge in [0.15, 0.2) is 5.82 Å². The predicted octanol–water partition coefficient (Wildman–Crippen LogP) is 0.655. The lowest BCUT2D eigenvalue weighted by Crippen LogP contribution is -2.37. The molecule has 0 spiro atoms. The van der Waals surface area contributed by atoms with Crippen LogP contribution in [0.1, 0.15) is 5.56 Å². The van der Waals surface area contributed by atoms with Crippen molar-refractivity contribution in [2.75, 3.05) is 21.1 Å². The quantitative estimate of drug-likeness (QED) is 0.591. The van der Waals surface area contributed by atoms with E-state index in [0.717, 1.165) is 11.8 Å². The number of hydrazine groups is 1. The van der Waals surface area contributed by atoms with Crippen LogP contribution in [0.25, 0.3) is 0 Å². The molecule has 98 valence electrons. The molecule has 0 saturated carbocycles. The molecule has 0 radical (unpaired) electrons. The third-order valence-corrected chi connectivity index (χ3v) is 2.12. The standard InChI is InChI=1S/C11H17N5O2/c1-14(2)13-11(9-16(17)18)15(3)8-10-5-4-6-12-7-10/h4-7,9,13H,8H2,1-3H3/b11-9-. The van der Waals surface area contributed by atoms with Gasteiger partial charge in [0.2, 0.25) is 0 Å². The molecule has 0 aromatic carbocycles. The Morgan fingerprint density at radius 2 is 2.28 bits per heavy atom. The van der Waals surface area contributed by atoms with Crippen molar-refractivity contribution in [3.05, 3.63) is 52.2 Å². The van der Waals surface area contributed by atoms with E-state index < -0.39 is 4.92 Å². The molecule has 7 nitrogen and oxygen atoms in total. The maximum Gasteiger partial charge on any atom is 0.275 e. The zero-order chi connectivity index (χ0) is 13.5. The molecule has 7 heteroatoms. The second-order valence-corrected chi connectivity index (χ2v) is 4.02. The molecular formula is C11H17N5O2. The summed E-state index contributed by atoms with van der Waals surface area (Å²) in [5.41, 5.74) is 3.87. The van der Waals surface area contributed by atoms with Crippen molar-refractivity contribution in [3.8, 4) is 0 Å². The van der Waals surface area contributed by atoms with Crippen molar-refractivity contribution in [1.29, 1.82) is 0 Å². The Balaban J connectivity index is 2.76. The molecule has 1 rings (SSSR count). The third kappa shape index (κ3) is 4.79. The van der Waals surface area contributed by atoms with Gasteiger partial charge in [-0.2, -0.15) is 0 Å². The maximum absolute atomic E-state index is 10.6. The lowest BCUT2D eigenvalue weighted by molar-refractivity contribution is -0.405. The summed E-state index contributed by atoms with van der Waals surface area (Å²) < 4.78 is 0. The van der Waals surface area contributed by atoms with Crippen molar-refractivity contribution in [1.82, 2.24) is 20.3 Å². The predicted molar refractivity (Wildman–Crippen MR) is 67.6 cm³/mol. The Kier molecular flexibility index (Phi) is 5.06. The Labute approximate surface area is 106 Å².